The Morgan fingerprint density at radius 2 is 2.00 bits per heavy atom. The van der Waals surface area contributed by atoms with Crippen molar-refractivity contribution in [2.24, 2.45) is 11.7 Å². The molecule has 5 N–H and O–H groups in total. The van der Waals surface area contributed by atoms with E-state index in [9.17, 15) is 10.2 Å². The molecular formula is C7H15NO4. The minimum absolute atomic E-state index is 0.234. The fourth-order valence-electron chi connectivity index (χ4n) is 1.31. The normalized spacial score (nSPS) is 43.0. The Labute approximate surface area is 70.8 Å². The van der Waals surface area contributed by atoms with Crippen molar-refractivity contribution < 1.29 is 20.1 Å². The summed E-state index contributed by atoms with van der Waals surface area (Å²) >= 11 is 0. The summed E-state index contributed by atoms with van der Waals surface area (Å²) in [5.74, 6) is -0.234. The van der Waals surface area contributed by atoms with Crippen LogP contribution in [0.25, 0.3) is 0 Å². The van der Waals surface area contributed by atoms with Crippen molar-refractivity contribution in [3.8, 4) is 0 Å². The molecule has 1 aliphatic heterocycles. The lowest BCUT2D eigenvalue weighted by Crippen LogP contribution is -2.53. The first kappa shape index (κ1) is 9.88. The van der Waals surface area contributed by atoms with Gasteiger partial charge < -0.3 is 25.8 Å². The highest BCUT2D eigenvalue weighted by molar-refractivity contribution is 4.86. The summed E-state index contributed by atoms with van der Waals surface area (Å²) in [6.45, 7) is 0.284. The van der Waals surface area contributed by atoms with Crippen molar-refractivity contribution in [2.45, 2.75) is 18.3 Å². The van der Waals surface area contributed by atoms with Crippen molar-refractivity contribution in [2.75, 3.05) is 19.8 Å². The monoisotopic (exact) mass is 177 g/mol. The van der Waals surface area contributed by atoms with E-state index in [-0.39, 0.29) is 19.1 Å². The van der Waals surface area contributed by atoms with Gasteiger partial charge in [0.05, 0.1) is 19.3 Å². The van der Waals surface area contributed by atoms with Gasteiger partial charge in [-0.15, -0.1) is 0 Å². The summed E-state index contributed by atoms with van der Waals surface area (Å²) in [6, 6.07) is 0. The predicted octanol–water partition coefficient (Wildman–Crippen LogP) is -2.33. The van der Waals surface area contributed by atoms with Gasteiger partial charge in [-0.3, -0.25) is 0 Å². The smallest absolute Gasteiger partial charge is 0.109 e. The topological polar surface area (TPSA) is 95.9 Å². The first-order valence-electron chi connectivity index (χ1n) is 3.99. The summed E-state index contributed by atoms with van der Waals surface area (Å²) in [4.78, 5) is 0. The quantitative estimate of drug-likeness (QED) is 0.379. The second-order valence-electron chi connectivity index (χ2n) is 3.03. The van der Waals surface area contributed by atoms with Gasteiger partial charge in [-0.05, 0) is 6.54 Å². The third-order valence-corrected chi connectivity index (χ3v) is 2.22. The molecule has 0 aliphatic carbocycles. The van der Waals surface area contributed by atoms with E-state index in [1.165, 1.54) is 0 Å². The maximum atomic E-state index is 9.42. The van der Waals surface area contributed by atoms with Gasteiger partial charge in [-0.1, -0.05) is 0 Å². The molecule has 0 bridgehead atoms. The highest BCUT2D eigenvalue weighted by Gasteiger charge is 2.36. The van der Waals surface area contributed by atoms with Gasteiger partial charge in [-0.25, -0.2) is 0 Å². The average Bonchev–Trinajstić information content (AvgIpc) is 2.10. The molecule has 4 atom stereocenters. The van der Waals surface area contributed by atoms with Gasteiger partial charge in [-0.2, -0.15) is 0 Å². The van der Waals surface area contributed by atoms with Gasteiger partial charge in [0.2, 0.25) is 0 Å². The summed E-state index contributed by atoms with van der Waals surface area (Å²) in [5, 5.41) is 27.5. The molecule has 72 valence electrons. The second kappa shape index (κ2) is 4.15. The largest absolute Gasteiger partial charge is 0.394 e. The van der Waals surface area contributed by atoms with Gasteiger partial charge in [0, 0.05) is 5.92 Å². The minimum Gasteiger partial charge on any atom is -0.394 e. The molecule has 1 fully saturated rings. The lowest BCUT2D eigenvalue weighted by Gasteiger charge is -2.36. The molecule has 0 radical (unpaired) electrons. The molecule has 1 heterocycles. The number of aliphatic hydroxyl groups is 3. The van der Waals surface area contributed by atoms with Gasteiger partial charge in [0.1, 0.15) is 12.2 Å². The first-order valence-corrected chi connectivity index (χ1v) is 3.99. The molecule has 12 heavy (non-hydrogen) atoms. The molecule has 5 heteroatoms. The molecule has 0 spiro atoms. The van der Waals surface area contributed by atoms with E-state index in [1.54, 1.807) is 0 Å². The molecule has 0 aromatic heterocycles. The summed E-state index contributed by atoms with van der Waals surface area (Å²) in [5.41, 5.74) is 5.33. The van der Waals surface area contributed by atoms with Gasteiger partial charge >= 0.3 is 0 Å². The van der Waals surface area contributed by atoms with Crippen molar-refractivity contribution >= 4 is 0 Å². The lowest BCUT2D eigenvalue weighted by atomic mass is 9.93. The maximum Gasteiger partial charge on any atom is 0.109 e. The zero-order chi connectivity index (χ0) is 9.14. The number of rotatable bonds is 2. The molecule has 0 amide bonds. The Bertz CT molecular complexity index is 127. The van der Waals surface area contributed by atoms with E-state index >= 15 is 0 Å². The fourth-order valence-corrected chi connectivity index (χ4v) is 1.31. The third-order valence-electron chi connectivity index (χ3n) is 2.22. The Morgan fingerprint density at radius 1 is 1.33 bits per heavy atom. The number of hydrogen-bond acceptors (Lipinski definition) is 5. The molecule has 5 nitrogen and oxygen atoms in total. The molecular weight excluding hydrogens is 162 g/mol. The van der Waals surface area contributed by atoms with Crippen LogP contribution in [0.2, 0.25) is 0 Å². The van der Waals surface area contributed by atoms with Crippen LogP contribution in [0.3, 0.4) is 0 Å². The Hall–Kier alpha value is -0.200. The van der Waals surface area contributed by atoms with Crippen LogP contribution in [-0.2, 0) is 4.74 Å². The number of nitrogens with two attached hydrogens (primary N) is 1. The average molecular weight is 177 g/mol. The first-order chi connectivity index (χ1) is 5.70. The van der Waals surface area contributed by atoms with Gasteiger partial charge in [0.25, 0.3) is 0 Å². The van der Waals surface area contributed by atoms with Gasteiger partial charge in [0.15, 0.2) is 0 Å². The van der Waals surface area contributed by atoms with Crippen LogP contribution >= 0.6 is 0 Å². The van der Waals surface area contributed by atoms with Crippen LogP contribution < -0.4 is 5.73 Å². The summed E-state index contributed by atoms with van der Waals surface area (Å²) in [7, 11) is 0. The van der Waals surface area contributed by atoms with Crippen molar-refractivity contribution in [1.82, 2.24) is 0 Å². The van der Waals surface area contributed by atoms with Crippen LogP contribution in [0, 0.1) is 5.92 Å². The minimum atomic E-state index is -1.03. The Balaban J connectivity index is 2.52. The third kappa shape index (κ3) is 1.75. The van der Waals surface area contributed by atoms with Crippen LogP contribution in [0.5, 0.6) is 0 Å². The SMILES string of the molecule is NC[C@@H]1CO[C@H](CO)[C@H](O)[C@@H]1O. The van der Waals surface area contributed by atoms with Crippen molar-refractivity contribution in [3.05, 3.63) is 0 Å². The van der Waals surface area contributed by atoms with E-state index in [0.29, 0.717) is 6.61 Å². The highest BCUT2D eigenvalue weighted by Crippen LogP contribution is 2.19. The van der Waals surface area contributed by atoms with E-state index in [0.717, 1.165) is 0 Å². The van der Waals surface area contributed by atoms with Crippen LogP contribution in [-0.4, -0.2) is 53.4 Å². The maximum absolute atomic E-state index is 9.42. The zero-order valence-corrected chi connectivity index (χ0v) is 6.76. The molecule has 1 rings (SSSR count). The van der Waals surface area contributed by atoms with Crippen molar-refractivity contribution in [3.63, 3.8) is 0 Å². The molecule has 0 unspecified atom stereocenters. The van der Waals surface area contributed by atoms with Crippen molar-refractivity contribution in [1.29, 1.82) is 0 Å². The summed E-state index contributed by atoms with van der Waals surface area (Å²) < 4.78 is 5.07. The molecule has 0 aromatic rings. The van der Waals surface area contributed by atoms with E-state index in [1.807, 2.05) is 0 Å². The Morgan fingerprint density at radius 3 is 2.50 bits per heavy atom. The molecule has 0 saturated carbocycles. The van der Waals surface area contributed by atoms with E-state index in [4.69, 9.17) is 15.6 Å². The number of aliphatic hydroxyl groups excluding tert-OH is 3. The fraction of sp³-hybridized carbons (Fsp3) is 1.00. The summed E-state index contributed by atoms with van der Waals surface area (Å²) in [6.07, 6.45) is -2.60. The van der Waals surface area contributed by atoms with E-state index < -0.39 is 18.3 Å². The molecule has 1 aliphatic rings. The standard InChI is InChI=1S/C7H15NO4/c8-1-4-3-12-5(2-9)7(11)6(4)10/h4-7,9-11H,1-3,8H2/t4-,5-,6-,7+/m1/s1. The second-order valence-corrected chi connectivity index (χ2v) is 3.03. The van der Waals surface area contributed by atoms with Crippen LogP contribution in [0.4, 0.5) is 0 Å². The number of ether oxygens (including phenoxy) is 1. The Kier molecular flexibility index (Phi) is 3.42. The highest BCUT2D eigenvalue weighted by atomic mass is 16.5. The molecule has 1 saturated heterocycles. The predicted molar refractivity (Wildman–Crippen MR) is 41.4 cm³/mol. The lowest BCUT2D eigenvalue weighted by molar-refractivity contribution is -0.172. The number of hydrogen-bond donors (Lipinski definition) is 4. The zero-order valence-electron chi connectivity index (χ0n) is 6.76. The molecule has 0 aromatic carbocycles. The van der Waals surface area contributed by atoms with Crippen LogP contribution in [0.1, 0.15) is 0 Å². The van der Waals surface area contributed by atoms with E-state index in [2.05, 4.69) is 0 Å². The van der Waals surface area contributed by atoms with Crippen LogP contribution in [0.15, 0.2) is 0 Å².